The second-order valence-electron chi connectivity index (χ2n) is 5.24. The van der Waals surface area contributed by atoms with Crippen molar-refractivity contribution < 1.29 is 14.3 Å². The summed E-state index contributed by atoms with van der Waals surface area (Å²) in [7, 11) is 1.62. The van der Waals surface area contributed by atoms with Gasteiger partial charge in [0.15, 0.2) is 0 Å². The van der Waals surface area contributed by atoms with Crippen LogP contribution in [0.1, 0.15) is 18.5 Å². The fourth-order valence-electron chi connectivity index (χ4n) is 2.28. The van der Waals surface area contributed by atoms with E-state index >= 15 is 0 Å². The number of carbonyl (C=O) groups excluding carboxylic acids is 1. The summed E-state index contributed by atoms with van der Waals surface area (Å²) in [6.07, 6.45) is 1.49. The first kappa shape index (κ1) is 16.8. The lowest BCUT2D eigenvalue weighted by atomic mass is 10.1. The number of nitrogens with zero attached hydrogens (tertiary/aromatic N) is 2. The molecule has 1 heterocycles. The van der Waals surface area contributed by atoms with Crippen LogP contribution in [0.2, 0.25) is 0 Å². The van der Waals surface area contributed by atoms with E-state index in [-0.39, 0.29) is 17.5 Å². The molecule has 0 bridgehead atoms. The molecule has 0 spiro atoms. The number of amides is 1. The van der Waals surface area contributed by atoms with E-state index in [4.69, 9.17) is 9.47 Å². The Morgan fingerprint density at radius 1 is 1.39 bits per heavy atom. The van der Waals surface area contributed by atoms with Crippen molar-refractivity contribution in [1.82, 2.24) is 10.2 Å². The van der Waals surface area contributed by atoms with Gasteiger partial charge in [0.1, 0.15) is 17.4 Å². The summed E-state index contributed by atoms with van der Waals surface area (Å²) in [4.78, 5) is 13.9. The van der Waals surface area contributed by atoms with Gasteiger partial charge >= 0.3 is 0 Å². The molecule has 6 nitrogen and oxygen atoms in total. The smallest absolute Gasteiger partial charge is 0.266 e. The van der Waals surface area contributed by atoms with E-state index < -0.39 is 0 Å². The third-order valence-electron chi connectivity index (χ3n) is 3.74. The fourth-order valence-corrected chi connectivity index (χ4v) is 2.28. The highest BCUT2D eigenvalue weighted by Gasteiger charge is 2.20. The summed E-state index contributed by atoms with van der Waals surface area (Å²) < 4.78 is 10.3. The average Bonchev–Trinajstić information content (AvgIpc) is 2.62. The van der Waals surface area contributed by atoms with Gasteiger partial charge in [-0.1, -0.05) is 12.1 Å². The third-order valence-corrected chi connectivity index (χ3v) is 3.74. The van der Waals surface area contributed by atoms with Gasteiger partial charge in [-0.3, -0.25) is 4.79 Å². The van der Waals surface area contributed by atoms with Crippen LogP contribution in [0.15, 0.2) is 36.0 Å². The van der Waals surface area contributed by atoms with Crippen LogP contribution in [0.4, 0.5) is 0 Å². The summed E-state index contributed by atoms with van der Waals surface area (Å²) in [5.41, 5.74) is 1.14. The minimum atomic E-state index is -0.259. The molecule has 1 unspecified atom stereocenters. The number of benzene rings is 1. The molecule has 2 rings (SSSR count). The lowest BCUT2D eigenvalue weighted by Crippen LogP contribution is -2.41. The molecule has 122 valence electrons. The van der Waals surface area contributed by atoms with E-state index in [0.717, 1.165) is 11.3 Å². The number of ether oxygens (including phenoxy) is 2. The van der Waals surface area contributed by atoms with Crippen LogP contribution in [0.25, 0.3) is 0 Å². The molecular formula is C17H21N3O3. The standard InChI is InChI=1S/C17H21N3O3/c1-13(14-3-5-16(22-2)6-4-14)19-12-15(11-18)17(21)20-7-9-23-10-8-20/h3-6,12-13,19H,7-10H2,1-2H3/b15-12-. The Labute approximate surface area is 136 Å². The largest absolute Gasteiger partial charge is 0.497 e. The SMILES string of the molecule is COc1ccc(C(C)N/C=C(/C#N)C(=O)N2CCOCC2)cc1. The quantitative estimate of drug-likeness (QED) is 0.660. The van der Waals surface area contributed by atoms with Crippen molar-refractivity contribution in [3.63, 3.8) is 0 Å². The number of methoxy groups -OCH3 is 1. The highest BCUT2D eigenvalue weighted by molar-refractivity contribution is 5.97. The Kier molecular flexibility index (Phi) is 6.01. The van der Waals surface area contributed by atoms with E-state index in [1.807, 2.05) is 37.3 Å². The minimum Gasteiger partial charge on any atom is -0.497 e. The molecule has 1 N–H and O–H groups in total. The zero-order chi connectivity index (χ0) is 16.7. The third kappa shape index (κ3) is 4.47. The molecular weight excluding hydrogens is 294 g/mol. The molecule has 1 aliphatic heterocycles. The van der Waals surface area contributed by atoms with Crippen LogP contribution in [0.5, 0.6) is 5.75 Å². The van der Waals surface area contributed by atoms with Crippen molar-refractivity contribution in [2.75, 3.05) is 33.4 Å². The number of nitrogens with one attached hydrogen (secondary N) is 1. The normalized spacial score (nSPS) is 16.4. The van der Waals surface area contributed by atoms with Crippen molar-refractivity contribution in [1.29, 1.82) is 5.26 Å². The fraction of sp³-hybridized carbons (Fsp3) is 0.412. The molecule has 0 radical (unpaired) electrons. The molecule has 1 saturated heterocycles. The van der Waals surface area contributed by atoms with Gasteiger partial charge in [-0.25, -0.2) is 0 Å². The average molecular weight is 315 g/mol. The van der Waals surface area contributed by atoms with E-state index in [9.17, 15) is 10.1 Å². The Bertz CT molecular complexity index is 599. The Hall–Kier alpha value is -2.52. The molecule has 1 amide bonds. The molecule has 1 aromatic carbocycles. The second kappa shape index (κ2) is 8.20. The zero-order valence-electron chi connectivity index (χ0n) is 13.4. The number of hydrogen-bond donors (Lipinski definition) is 1. The maximum Gasteiger partial charge on any atom is 0.266 e. The lowest BCUT2D eigenvalue weighted by Gasteiger charge is -2.26. The molecule has 6 heteroatoms. The van der Waals surface area contributed by atoms with Crippen LogP contribution in [-0.4, -0.2) is 44.2 Å². The van der Waals surface area contributed by atoms with Crippen molar-refractivity contribution in [3.05, 3.63) is 41.6 Å². The summed E-state index contributed by atoms with van der Waals surface area (Å²) >= 11 is 0. The molecule has 0 aromatic heterocycles. The molecule has 1 fully saturated rings. The van der Waals surface area contributed by atoms with E-state index in [1.165, 1.54) is 6.20 Å². The number of hydrogen-bond acceptors (Lipinski definition) is 5. The van der Waals surface area contributed by atoms with Crippen LogP contribution in [0.3, 0.4) is 0 Å². The predicted molar refractivity (Wildman–Crippen MR) is 85.6 cm³/mol. The number of morpholine rings is 1. The maximum atomic E-state index is 12.3. The van der Waals surface area contributed by atoms with Gasteiger partial charge in [0.25, 0.3) is 5.91 Å². The van der Waals surface area contributed by atoms with Crippen molar-refractivity contribution >= 4 is 5.91 Å². The van der Waals surface area contributed by atoms with Crippen molar-refractivity contribution in [2.45, 2.75) is 13.0 Å². The van der Waals surface area contributed by atoms with Crippen molar-refractivity contribution in [3.8, 4) is 11.8 Å². The Morgan fingerprint density at radius 2 is 2.04 bits per heavy atom. The summed E-state index contributed by atoms with van der Waals surface area (Å²) in [5.74, 6) is 0.530. The number of rotatable bonds is 5. The summed E-state index contributed by atoms with van der Waals surface area (Å²) in [6, 6.07) is 9.59. The number of carbonyl (C=O) groups is 1. The lowest BCUT2D eigenvalue weighted by molar-refractivity contribution is -0.130. The minimum absolute atomic E-state index is 0.0262. The van der Waals surface area contributed by atoms with Crippen LogP contribution >= 0.6 is 0 Å². The highest BCUT2D eigenvalue weighted by Crippen LogP contribution is 2.17. The molecule has 1 atom stereocenters. The van der Waals surface area contributed by atoms with Gasteiger partial charge in [-0.15, -0.1) is 0 Å². The first-order valence-electron chi connectivity index (χ1n) is 7.53. The number of nitriles is 1. The maximum absolute atomic E-state index is 12.3. The molecule has 0 saturated carbocycles. The molecule has 1 aromatic rings. The molecule has 1 aliphatic rings. The van der Waals surface area contributed by atoms with Gasteiger partial charge in [-0.05, 0) is 24.6 Å². The summed E-state index contributed by atoms with van der Waals surface area (Å²) in [5, 5.41) is 12.3. The first-order chi connectivity index (χ1) is 11.2. The second-order valence-corrected chi connectivity index (χ2v) is 5.24. The predicted octanol–water partition coefficient (Wildman–Crippen LogP) is 1.61. The Balaban J connectivity index is 2.00. The topological polar surface area (TPSA) is 74.6 Å². The highest BCUT2D eigenvalue weighted by atomic mass is 16.5. The monoisotopic (exact) mass is 315 g/mol. The van der Waals surface area contributed by atoms with Crippen LogP contribution in [-0.2, 0) is 9.53 Å². The van der Waals surface area contributed by atoms with Crippen LogP contribution in [0, 0.1) is 11.3 Å². The van der Waals surface area contributed by atoms with Gasteiger partial charge < -0.3 is 19.7 Å². The van der Waals surface area contributed by atoms with Gasteiger partial charge in [0.05, 0.1) is 20.3 Å². The van der Waals surface area contributed by atoms with Crippen LogP contribution < -0.4 is 10.1 Å². The Morgan fingerprint density at radius 3 is 2.61 bits per heavy atom. The van der Waals surface area contributed by atoms with E-state index in [0.29, 0.717) is 26.3 Å². The van der Waals surface area contributed by atoms with Gasteiger partial charge in [0.2, 0.25) is 0 Å². The van der Waals surface area contributed by atoms with Gasteiger partial charge in [0, 0.05) is 25.3 Å². The summed E-state index contributed by atoms with van der Waals surface area (Å²) in [6.45, 7) is 4.03. The van der Waals surface area contributed by atoms with Crippen molar-refractivity contribution in [2.24, 2.45) is 0 Å². The van der Waals surface area contributed by atoms with E-state index in [2.05, 4.69) is 5.32 Å². The molecule has 23 heavy (non-hydrogen) atoms. The van der Waals surface area contributed by atoms with E-state index in [1.54, 1.807) is 12.0 Å². The molecule has 0 aliphatic carbocycles. The first-order valence-corrected chi connectivity index (χ1v) is 7.53. The zero-order valence-corrected chi connectivity index (χ0v) is 13.4. The van der Waals surface area contributed by atoms with Gasteiger partial charge in [-0.2, -0.15) is 5.26 Å².